The first-order chi connectivity index (χ1) is 6.98. The van der Waals surface area contributed by atoms with Crippen LogP contribution in [0.15, 0.2) is 18.2 Å². The monoisotopic (exact) mass is 223 g/mol. The highest BCUT2D eigenvalue weighted by molar-refractivity contribution is 6.30. The van der Waals surface area contributed by atoms with E-state index in [1.165, 1.54) is 11.1 Å². The summed E-state index contributed by atoms with van der Waals surface area (Å²) < 4.78 is 0. The van der Waals surface area contributed by atoms with E-state index in [0.29, 0.717) is 17.3 Å². The van der Waals surface area contributed by atoms with Gasteiger partial charge in [-0.25, -0.2) is 0 Å². The van der Waals surface area contributed by atoms with Crippen LogP contribution in [0, 0.1) is 18.3 Å². The molecule has 82 valence electrons. The zero-order valence-electron chi connectivity index (χ0n) is 9.55. The summed E-state index contributed by atoms with van der Waals surface area (Å²) in [5.41, 5.74) is 8.85. The quantitative estimate of drug-likeness (QED) is 0.818. The topological polar surface area (TPSA) is 26.0 Å². The lowest BCUT2D eigenvalue weighted by molar-refractivity contribution is 0.558. The van der Waals surface area contributed by atoms with Crippen molar-refractivity contribution in [2.24, 2.45) is 17.1 Å². The third-order valence-electron chi connectivity index (χ3n) is 3.87. The Bertz CT molecular complexity index is 384. The predicted octanol–water partition coefficient (Wildman–Crippen LogP) is 3.35. The summed E-state index contributed by atoms with van der Waals surface area (Å²) in [4.78, 5) is 0. The zero-order valence-corrected chi connectivity index (χ0v) is 10.3. The minimum absolute atomic E-state index is 0.355. The molecule has 15 heavy (non-hydrogen) atoms. The zero-order chi connectivity index (χ0) is 11.2. The normalized spacial score (nSPS) is 27.8. The van der Waals surface area contributed by atoms with Gasteiger partial charge in [0.1, 0.15) is 0 Å². The molecule has 1 aromatic carbocycles. The van der Waals surface area contributed by atoms with Gasteiger partial charge in [0.15, 0.2) is 0 Å². The van der Waals surface area contributed by atoms with Crippen LogP contribution in [0.2, 0.25) is 5.02 Å². The second-order valence-corrected chi connectivity index (χ2v) is 5.58. The van der Waals surface area contributed by atoms with Gasteiger partial charge in [-0.05, 0) is 54.0 Å². The van der Waals surface area contributed by atoms with Gasteiger partial charge in [-0.15, -0.1) is 0 Å². The van der Waals surface area contributed by atoms with E-state index in [1.807, 2.05) is 12.1 Å². The maximum absolute atomic E-state index is 5.96. The van der Waals surface area contributed by atoms with E-state index in [1.54, 1.807) is 0 Å². The molecule has 0 spiro atoms. The average molecular weight is 224 g/mol. The Morgan fingerprint density at radius 1 is 1.40 bits per heavy atom. The van der Waals surface area contributed by atoms with Gasteiger partial charge in [-0.1, -0.05) is 31.5 Å². The molecule has 2 N–H and O–H groups in total. The first kappa shape index (κ1) is 11.0. The SMILES string of the molecule is Cc1cc(Cl)ccc1C1C(CN)C1(C)C. The largest absolute Gasteiger partial charge is 0.330 e. The molecule has 0 bridgehead atoms. The van der Waals surface area contributed by atoms with Crippen molar-refractivity contribution < 1.29 is 0 Å². The Labute approximate surface area is 96.6 Å². The molecule has 0 saturated heterocycles. The van der Waals surface area contributed by atoms with Crippen LogP contribution >= 0.6 is 11.6 Å². The molecule has 2 heteroatoms. The Morgan fingerprint density at radius 2 is 2.07 bits per heavy atom. The van der Waals surface area contributed by atoms with Crippen molar-refractivity contribution in [1.29, 1.82) is 0 Å². The number of hydrogen-bond donors (Lipinski definition) is 1. The lowest BCUT2D eigenvalue weighted by Gasteiger charge is -2.07. The van der Waals surface area contributed by atoms with Crippen LogP contribution in [-0.2, 0) is 0 Å². The smallest absolute Gasteiger partial charge is 0.0408 e. The summed E-state index contributed by atoms with van der Waals surface area (Å²) in [6, 6.07) is 6.17. The summed E-state index contributed by atoms with van der Waals surface area (Å²) >= 11 is 5.96. The Kier molecular flexibility index (Phi) is 2.56. The first-order valence-corrected chi connectivity index (χ1v) is 5.82. The Balaban J connectivity index is 2.33. The molecule has 1 aliphatic rings. The first-order valence-electron chi connectivity index (χ1n) is 5.44. The molecule has 1 saturated carbocycles. The Hall–Kier alpha value is -0.530. The van der Waals surface area contributed by atoms with Crippen LogP contribution in [0.25, 0.3) is 0 Å². The Morgan fingerprint density at radius 3 is 2.53 bits per heavy atom. The van der Waals surface area contributed by atoms with Gasteiger partial charge in [-0.2, -0.15) is 0 Å². The number of nitrogens with two attached hydrogens (primary N) is 1. The van der Waals surface area contributed by atoms with Crippen molar-refractivity contribution in [1.82, 2.24) is 0 Å². The van der Waals surface area contributed by atoms with Gasteiger partial charge >= 0.3 is 0 Å². The fourth-order valence-electron chi connectivity index (χ4n) is 2.79. The molecule has 1 fully saturated rings. The molecule has 0 amide bonds. The van der Waals surface area contributed by atoms with Crippen LogP contribution in [0.4, 0.5) is 0 Å². The van der Waals surface area contributed by atoms with Crippen LogP contribution in [0.1, 0.15) is 30.9 Å². The van der Waals surface area contributed by atoms with Crippen molar-refractivity contribution in [2.75, 3.05) is 6.54 Å². The fraction of sp³-hybridized carbons (Fsp3) is 0.538. The third kappa shape index (κ3) is 1.68. The molecular weight excluding hydrogens is 206 g/mol. The molecule has 1 aromatic rings. The summed E-state index contributed by atoms with van der Waals surface area (Å²) in [5.74, 6) is 1.23. The van der Waals surface area contributed by atoms with Crippen molar-refractivity contribution in [3.63, 3.8) is 0 Å². The second kappa shape index (κ2) is 3.50. The molecule has 0 heterocycles. The van der Waals surface area contributed by atoms with E-state index in [2.05, 4.69) is 26.8 Å². The molecule has 0 radical (unpaired) electrons. The highest BCUT2D eigenvalue weighted by Crippen LogP contribution is 2.64. The van der Waals surface area contributed by atoms with Crippen LogP contribution in [-0.4, -0.2) is 6.54 Å². The van der Waals surface area contributed by atoms with Crippen LogP contribution < -0.4 is 5.73 Å². The minimum atomic E-state index is 0.355. The molecule has 2 unspecified atom stereocenters. The van der Waals surface area contributed by atoms with E-state index in [9.17, 15) is 0 Å². The van der Waals surface area contributed by atoms with E-state index >= 15 is 0 Å². The fourth-order valence-corrected chi connectivity index (χ4v) is 3.02. The van der Waals surface area contributed by atoms with Gasteiger partial charge < -0.3 is 5.73 Å². The van der Waals surface area contributed by atoms with Crippen LogP contribution in [0.3, 0.4) is 0 Å². The molecule has 0 aliphatic heterocycles. The number of hydrogen-bond acceptors (Lipinski definition) is 1. The maximum atomic E-state index is 5.96. The highest BCUT2D eigenvalue weighted by atomic mass is 35.5. The summed E-state index contributed by atoms with van der Waals surface area (Å²) in [7, 11) is 0. The van der Waals surface area contributed by atoms with E-state index < -0.39 is 0 Å². The van der Waals surface area contributed by atoms with E-state index in [0.717, 1.165) is 11.6 Å². The molecule has 2 rings (SSSR count). The minimum Gasteiger partial charge on any atom is -0.330 e. The van der Waals surface area contributed by atoms with E-state index in [-0.39, 0.29) is 0 Å². The molecule has 1 nitrogen and oxygen atoms in total. The number of benzene rings is 1. The van der Waals surface area contributed by atoms with Gasteiger partial charge in [0, 0.05) is 5.02 Å². The van der Waals surface area contributed by atoms with Crippen molar-refractivity contribution >= 4 is 11.6 Å². The molecule has 0 aromatic heterocycles. The number of halogens is 1. The van der Waals surface area contributed by atoms with Gasteiger partial charge in [0.05, 0.1) is 0 Å². The lowest BCUT2D eigenvalue weighted by atomic mass is 9.99. The standard InChI is InChI=1S/C13H18ClN/c1-8-6-9(14)4-5-10(8)12-11(7-15)13(12,2)3/h4-6,11-12H,7,15H2,1-3H3. The summed E-state index contributed by atoms with van der Waals surface area (Å²) in [5, 5.41) is 0.819. The van der Waals surface area contributed by atoms with Gasteiger partial charge in [-0.3, -0.25) is 0 Å². The van der Waals surface area contributed by atoms with Gasteiger partial charge in [0.25, 0.3) is 0 Å². The maximum Gasteiger partial charge on any atom is 0.0408 e. The average Bonchev–Trinajstić information content (AvgIpc) is 2.68. The van der Waals surface area contributed by atoms with E-state index in [4.69, 9.17) is 17.3 Å². The molecular formula is C13H18ClN. The van der Waals surface area contributed by atoms with Crippen molar-refractivity contribution in [3.8, 4) is 0 Å². The summed E-state index contributed by atoms with van der Waals surface area (Å²) in [6.45, 7) is 7.50. The third-order valence-corrected chi connectivity index (χ3v) is 4.11. The van der Waals surface area contributed by atoms with Crippen molar-refractivity contribution in [2.45, 2.75) is 26.7 Å². The second-order valence-electron chi connectivity index (χ2n) is 5.14. The number of rotatable bonds is 2. The predicted molar refractivity (Wildman–Crippen MR) is 65.3 cm³/mol. The van der Waals surface area contributed by atoms with Crippen molar-refractivity contribution in [3.05, 3.63) is 34.3 Å². The number of aryl methyl sites for hydroxylation is 1. The highest BCUT2D eigenvalue weighted by Gasteiger charge is 2.57. The van der Waals surface area contributed by atoms with Gasteiger partial charge in [0.2, 0.25) is 0 Å². The summed E-state index contributed by atoms with van der Waals surface area (Å²) in [6.07, 6.45) is 0. The lowest BCUT2D eigenvalue weighted by Crippen LogP contribution is -2.05. The van der Waals surface area contributed by atoms with Crippen LogP contribution in [0.5, 0.6) is 0 Å². The molecule has 2 atom stereocenters. The molecule has 1 aliphatic carbocycles.